The van der Waals surface area contributed by atoms with E-state index in [4.69, 9.17) is 5.11 Å². The van der Waals surface area contributed by atoms with E-state index < -0.39 is 29.6 Å². The molecular weight excluding hydrogens is 166 g/mol. The van der Waals surface area contributed by atoms with E-state index in [1.165, 1.54) is 0 Å². The Morgan fingerprint density at radius 1 is 1.33 bits per heavy atom. The van der Waals surface area contributed by atoms with Gasteiger partial charge in [-0.25, -0.2) is 8.78 Å². The minimum absolute atomic E-state index is 0.174. The van der Waals surface area contributed by atoms with Crippen molar-refractivity contribution in [1.29, 1.82) is 0 Å². The van der Waals surface area contributed by atoms with E-state index in [0.717, 1.165) is 0 Å². The maximum absolute atomic E-state index is 12.7. The molecule has 0 unspecified atom stereocenters. The maximum Gasteiger partial charge on any atom is 0.306 e. The second-order valence-corrected chi connectivity index (χ2v) is 3.74. The fourth-order valence-corrected chi connectivity index (χ4v) is 2.21. The van der Waals surface area contributed by atoms with Gasteiger partial charge in [0.15, 0.2) is 0 Å². The third-order valence-electron chi connectivity index (χ3n) is 3.08. The average Bonchev–Trinajstić information content (AvgIpc) is 2.55. The van der Waals surface area contributed by atoms with Gasteiger partial charge in [-0.15, -0.1) is 0 Å². The Hall–Kier alpha value is -0.670. The van der Waals surface area contributed by atoms with Gasteiger partial charge in [-0.3, -0.25) is 4.79 Å². The first kappa shape index (κ1) is 7.95. The molecule has 2 fully saturated rings. The molecule has 2 rings (SSSR count). The highest BCUT2D eigenvalue weighted by Crippen LogP contribution is 2.63. The molecule has 0 spiro atoms. The summed E-state index contributed by atoms with van der Waals surface area (Å²) in [6, 6.07) is 0. The van der Waals surface area contributed by atoms with Crippen LogP contribution in [-0.2, 0) is 4.79 Å². The van der Waals surface area contributed by atoms with Crippen molar-refractivity contribution in [2.45, 2.75) is 25.2 Å². The first-order valence-electron chi connectivity index (χ1n) is 4.14. The fourth-order valence-electron chi connectivity index (χ4n) is 2.21. The van der Waals surface area contributed by atoms with Gasteiger partial charge < -0.3 is 5.11 Å². The molecule has 0 radical (unpaired) electrons. The van der Waals surface area contributed by atoms with Gasteiger partial charge in [0.25, 0.3) is 5.92 Å². The Balaban J connectivity index is 2.01. The summed E-state index contributed by atoms with van der Waals surface area (Å²) in [5, 5.41) is 8.60. The zero-order valence-electron chi connectivity index (χ0n) is 6.46. The normalized spacial score (nSPS) is 43.3. The summed E-state index contributed by atoms with van der Waals surface area (Å²) in [5.74, 6) is -5.14. The first-order valence-corrected chi connectivity index (χ1v) is 4.14. The van der Waals surface area contributed by atoms with Crippen molar-refractivity contribution in [3.8, 4) is 0 Å². The highest BCUT2D eigenvalue weighted by atomic mass is 19.3. The number of hydrogen-bond acceptors (Lipinski definition) is 1. The predicted molar refractivity (Wildman–Crippen MR) is 36.9 cm³/mol. The van der Waals surface area contributed by atoms with Gasteiger partial charge in [0.05, 0.1) is 5.92 Å². The molecule has 2 saturated carbocycles. The number of alkyl halides is 2. The van der Waals surface area contributed by atoms with Gasteiger partial charge in [0, 0.05) is 11.8 Å². The summed E-state index contributed by atoms with van der Waals surface area (Å²) < 4.78 is 25.5. The van der Waals surface area contributed by atoms with Crippen molar-refractivity contribution in [2.75, 3.05) is 0 Å². The van der Waals surface area contributed by atoms with Gasteiger partial charge in [-0.1, -0.05) is 0 Å². The van der Waals surface area contributed by atoms with Crippen molar-refractivity contribution in [3.63, 3.8) is 0 Å². The number of carboxylic acid groups (broad SMARTS) is 1. The molecule has 0 aliphatic heterocycles. The molecule has 2 nitrogen and oxygen atoms in total. The maximum atomic E-state index is 12.7. The summed E-state index contributed by atoms with van der Waals surface area (Å²) >= 11 is 0. The van der Waals surface area contributed by atoms with Gasteiger partial charge in [-0.2, -0.15) is 0 Å². The minimum atomic E-state index is -2.55. The van der Waals surface area contributed by atoms with Gasteiger partial charge in [0.1, 0.15) is 0 Å². The minimum Gasteiger partial charge on any atom is -0.481 e. The molecule has 3 atom stereocenters. The largest absolute Gasteiger partial charge is 0.481 e. The van der Waals surface area contributed by atoms with Crippen LogP contribution in [0.2, 0.25) is 0 Å². The molecule has 0 aromatic carbocycles. The van der Waals surface area contributed by atoms with Gasteiger partial charge in [-0.05, 0) is 19.3 Å². The number of carbonyl (C=O) groups is 1. The highest BCUT2D eigenvalue weighted by molar-refractivity contribution is 5.70. The van der Waals surface area contributed by atoms with E-state index in [0.29, 0.717) is 12.8 Å². The summed E-state index contributed by atoms with van der Waals surface area (Å²) in [6.45, 7) is 0. The summed E-state index contributed by atoms with van der Waals surface area (Å²) in [6.07, 6.45) is 0.980. The van der Waals surface area contributed by atoms with E-state index in [2.05, 4.69) is 0 Å². The lowest BCUT2D eigenvalue weighted by Gasteiger charge is -2.14. The first-order chi connectivity index (χ1) is 5.53. The number of fused-ring (bicyclic) bond motifs is 1. The number of hydrogen-bond donors (Lipinski definition) is 1. The SMILES string of the molecule is O=C(O)[C@@H]1CC[C@H]2[C@H](C1)C2(F)F. The van der Waals surface area contributed by atoms with Crippen LogP contribution in [0.1, 0.15) is 19.3 Å². The molecule has 0 saturated heterocycles. The Bertz CT molecular complexity index is 227. The van der Waals surface area contributed by atoms with E-state index >= 15 is 0 Å². The third-order valence-corrected chi connectivity index (χ3v) is 3.08. The molecule has 0 amide bonds. The number of halogens is 2. The Morgan fingerprint density at radius 2 is 2.00 bits per heavy atom. The Kier molecular flexibility index (Phi) is 1.44. The molecule has 12 heavy (non-hydrogen) atoms. The van der Waals surface area contributed by atoms with Gasteiger partial charge >= 0.3 is 5.97 Å². The van der Waals surface area contributed by atoms with Crippen molar-refractivity contribution in [1.82, 2.24) is 0 Å². The molecule has 68 valence electrons. The Labute approximate surface area is 68.6 Å². The van der Waals surface area contributed by atoms with Crippen LogP contribution in [0.25, 0.3) is 0 Å². The zero-order valence-corrected chi connectivity index (χ0v) is 6.46. The summed E-state index contributed by atoms with van der Waals surface area (Å²) in [7, 11) is 0. The van der Waals surface area contributed by atoms with Crippen LogP contribution in [0, 0.1) is 17.8 Å². The van der Waals surface area contributed by atoms with Crippen LogP contribution in [0.3, 0.4) is 0 Å². The van der Waals surface area contributed by atoms with E-state index in [1.807, 2.05) is 0 Å². The van der Waals surface area contributed by atoms with Crippen LogP contribution in [0.5, 0.6) is 0 Å². The quantitative estimate of drug-likeness (QED) is 0.660. The molecule has 1 N–H and O–H groups in total. The Morgan fingerprint density at radius 3 is 2.50 bits per heavy atom. The van der Waals surface area contributed by atoms with E-state index in [1.54, 1.807) is 0 Å². The molecule has 2 aliphatic carbocycles. The third kappa shape index (κ3) is 0.934. The topological polar surface area (TPSA) is 37.3 Å². The molecule has 4 heteroatoms. The molecular formula is C8H10F2O2. The van der Waals surface area contributed by atoms with Crippen LogP contribution in [0.4, 0.5) is 8.78 Å². The van der Waals surface area contributed by atoms with Crippen molar-refractivity contribution in [3.05, 3.63) is 0 Å². The standard InChI is InChI=1S/C8H10F2O2/c9-8(10)5-2-1-4(7(11)12)3-6(5)8/h4-6H,1-3H2,(H,11,12)/t4-,5+,6+/m1/s1. The molecule has 2 aliphatic rings. The predicted octanol–water partition coefficient (Wildman–Crippen LogP) is 1.75. The van der Waals surface area contributed by atoms with Crippen molar-refractivity contribution < 1.29 is 18.7 Å². The van der Waals surface area contributed by atoms with Crippen LogP contribution >= 0.6 is 0 Å². The lowest BCUT2D eigenvalue weighted by Crippen LogP contribution is -2.18. The summed E-state index contributed by atoms with van der Waals surface area (Å²) in [5.41, 5.74) is 0. The summed E-state index contributed by atoms with van der Waals surface area (Å²) in [4.78, 5) is 10.5. The molecule has 0 heterocycles. The van der Waals surface area contributed by atoms with Crippen molar-refractivity contribution >= 4 is 5.97 Å². The monoisotopic (exact) mass is 176 g/mol. The van der Waals surface area contributed by atoms with Crippen LogP contribution < -0.4 is 0 Å². The molecule has 0 bridgehead atoms. The van der Waals surface area contributed by atoms with E-state index in [9.17, 15) is 13.6 Å². The number of carboxylic acids is 1. The second-order valence-electron chi connectivity index (χ2n) is 3.74. The second kappa shape index (κ2) is 2.18. The van der Waals surface area contributed by atoms with Crippen LogP contribution in [-0.4, -0.2) is 17.0 Å². The lowest BCUT2D eigenvalue weighted by molar-refractivity contribution is -0.142. The zero-order chi connectivity index (χ0) is 8.93. The smallest absolute Gasteiger partial charge is 0.306 e. The molecule has 0 aromatic rings. The fraction of sp³-hybridized carbons (Fsp3) is 0.875. The number of aliphatic carboxylic acids is 1. The molecule has 0 aromatic heterocycles. The van der Waals surface area contributed by atoms with Gasteiger partial charge in [0.2, 0.25) is 0 Å². The number of rotatable bonds is 1. The lowest BCUT2D eigenvalue weighted by atomic mass is 9.89. The van der Waals surface area contributed by atoms with Crippen LogP contribution in [0.15, 0.2) is 0 Å². The average molecular weight is 176 g/mol. The highest BCUT2D eigenvalue weighted by Gasteiger charge is 2.69. The van der Waals surface area contributed by atoms with Crippen molar-refractivity contribution in [2.24, 2.45) is 17.8 Å². The van der Waals surface area contributed by atoms with E-state index in [-0.39, 0.29) is 6.42 Å².